The molecule has 3 N–H and O–H groups in total. The quantitative estimate of drug-likeness (QED) is 0.379. The Morgan fingerprint density at radius 2 is 2.20 bits per heavy atom. The number of aromatic nitrogens is 1. The summed E-state index contributed by atoms with van der Waals surface area (Å²) in [5, 5.41) is 12.7. The molecule has 1 aromatic rings. The minimum Gasteiger partial charge on any atom is -0.316 e. The highest BCUT2D eigenvalue weighted by molar-refractivity contribution is 7.91. The molecule has 0 spiro atoms. The first kappa shape index (κ1) is 20.0. The van der Waals surface area contributed by atoms with Crippen molar-refractivity contribution in [3.63, 3.8) is 0 Å². The molecule has 1 aromatic heterocycles. The normalized spacial score (nSPS) is 22.1. The lowest BCUT2D eigenvalue weighted by atomic mass is 10.1. The Morgan fingerprint density at radius 3 is 2.72 bits per heavy atom. The number of rotatable bonds is 6. The summed E-state index contributed by atoms with van der Waals surface area (Å²) in [6.45, 7) is 7.21. The minimum absolute atomic E-state index is 0.341. The van der Waals surface area contributed by atoms with Crippen LogP contribution in [0, 0.1) is 12.3 Å². The molecule has 25 heavy (non-hydrogen) atoms. The number of sulfonamides is 1. The molecular formula is C16H26N4O3SSi. The van der Waals surface area contributed by atoms with E-state index < -0.39 is 35.1 Å². The molecule has 0 aliphatic carbocycles. The van der Waals surface area contributed by atoms with E-state index in [2.05, 4.69) is 16.2 Å². The second-order valence-corrected chi connectivity index (χ2v) is 15.0. The molecule has 7 nitrogen and oxygen atoms in total. The first-order chi connectivity index (χ1) is 11.7. The third kappa shape index (κ3) is 4.28. The topological polar surface area (TPSA) is 94.6 Å². The molecule has 1 aliphatic rings. The SMILES string of the molecule is C#CC(NO)C([Si](C)(C)C)S(=O)(=O)N1CCNCC1c1ccccn1. The summed E-state index contributed by atoms with van der Waals surface area (Å²) in [7, 11) is -6.03. The van der Waals surface area contributed by atoms with Crippen LogP contribution in [0.1, 0.15) is 11.7 Å². The van der Waals surface area contributed by atoms with Crippen molar-refractivity contribution in [3.05, 3.63) is 30.1 Å². The number of terminal acetylenes is 1. The lowest BCUT2D eigenvalue weighted by Crippen LogP contribution is -2.62. The van der Waals surface area contributed by atoms with E-state index in [4.69, 9.17) is 6.42 Å². The molecule has 0 aromatic carbocycles. The van der Waals surface area contributed by atoms with Gasteiger partial charge in [-0.1, -0.05) is 31.6 Å². The molecule has 0 radical (unpaired) electrons. The number of hydroxylamine groups is 1. The zero-order valence-corrected chi connectivity index (χ0v) is 16.6. The lowest BCUT2D eigenvalue weighted by molar-refractivity contribution is 0.148. The van der Waals surface area contributed by atoms with Crippen LogP contribution in [0.15, 0.2) is 24.4 Å². The summed E-state index contributed by atoms with van der Waals surface area (Å²) < 4.78 is 28.6. The van der Waals surface area contributed by atoms with Gasteiger partial charge in [0, 0.05) is 25.8 Å². The zero-order chi connectivity index (χ0) is 18.7. The van der Waals surface area contributed by atoms with Gasteiger partial charge in [-0.3, -0.25) is 4.98 Å². The molecule has 138 valence electrons. The van der Waals surface area contributed by atoms with Gasteiger partial charge in [-0.15, -0.1) is 6.42 Å². The molecule has 2 heterocycles. The Hall–Kier alpha value is -1.28. The molecule has 1 aliphatic heterocycles. The molecule has 2 rings (SSSR count). The molecule has 1 fully saturated rings. The largest absolute Gasteiger partial charge is 0.316 e. The van der Waals surface area contributed by atoms with Crippen molar-refractivity contribution in [1.82, 2.24) is 20.1 Å². The van der Waals surface area contributed by atoms with Gasteiger partial charge in [0.1, 0.15) is 6.04 Å². The van der Waals surface area contributed by atoms with E-state index in [1.807, 2.05) is 37.3 Å². The standard InChI is InChI=1S/C16H26N4O3SSi/c1-5-13(19-21)16(25(2,3)4)24(22,23)20-11-10-17-12-15(20)14-8-6-7-9-18-14/h1,6-9,13,15-17,19,21H,10-12H2,2-4H3. The van der Waals surface area contributed by atoms with E-state index in [1.165, 1.54) is 4.31 Å². The average Bonchev–Trinajstić information content (AvgIpc) is 2.59. The highest BCUT2D eigenvalue weighted by Gasteiger charge is 2.48. The van der Waals surface area contributed by atoms with Crippen LogP contribution in [-0.2, 0) is 10.0 Å². The number of hydrogen-bond acceptors (Lipinski definition) is 6. The number of nitrogens with one attached hydrogen (secondary N) is 2. The maximum Gasteiger partial charge on any atom is 0.217 e. The molecular weight excluding hydrogens is 356 g/mol. The Labute approximate surface area is 150 Å². The van der Waals surface area contributed by atoms with E-state index in [0.717, 1.165) is 0 Å². The van der Waals surface area contributed by atoms with Gasteiger partial charge in [0.05, 0.1) is 24.7 Å². The van der Waals surface area contributed by atoms with Gasteiger partial charge in [0.2, 0.25) is 10.0 Å². The number of pyridine rings is 1. The molecule has 9 heteroatoms. The fourth-order valence-electron chi connectivity index (χ4n) is 3.27. The van der Waals surface area contributed by atoms with Crippen molar-refractivity contribution in [2.45, 2.75) is 36.6 Å². The van der Waals surface area contributed by atoms with Crippen LogP contribution in [0.2, 0.25) is 19.6 Å². The maximum atomic E-state index is 13.5. The average molecular weight is 383 g/mol. The zero-order valence-electron chi connectivity index (χ0n) is 14.8. The van der Waals surface area contributed by atoms with Gasteiger partial charge < -0.3 is 10.5 Å². The van der Waals surface area contributed by atoms with Crippen LogP contribution in [0.4, 0.5) is 0 Å². The molecule has 1 saturated heterocycles. The van der Waals surface area contributed by atoms with Crippen molar-refractivity contribution in [2.24, 2.45) is 0 Å². The highest BCUT2D eigenvalue weighted by atomic mass is 32.2. The number of nitrogens with zero attached hydrogens (tertiary/aromatic N) is 2. The van der Waals surface area contributed by atoms with Gasteiger partial charge in [-0.05, 0) is 12.1 Å². The van der Waals surface area contributed by atoms with Crippen molar-refractivity contribution in [3.8, 4) is 12.3 Å². The van der Waals surface area contributed by atoms with Crippen LogP contribution in [-0.4, -0.2) is 61.5 Å². The summed E-state index contributed by atoms with van der Waals surface area (Å²) in [6.07, 6.45) is 7.15. The third-order valence-corrected chi connectivity index (χ3v) is 11.4. The fourth-order valence-corrected chi connectivity index (χ4v) is 10.1. The Morgan fingerprint density at radius 1 is 1.48 bits per heavy atom. The fraction of sp³-hybridized carbons (Fsp3) is 0.562. The summed E-state index contributed by atoms with van der Waals surface area (Å²) in [6, 6.07) is 4.13. The summed E-state index contributed by atoms with van der Waals surface area (Å²) in [5.41, 5.74) is 2.72. The Bertz CT molecular complexity index is 715. The summed E-state index contributed by atoms with van der Waals surface area (Å²) >= 11 is 0. The summed E-state index contributed by atoms with van der Waals surface area (Å²) in [4.78, 5) is 3.48. The van der Waals surface area contributed by atoms with Crippen LogP contribution >= 0.6 is 0 Å². The second-order valence-electron chi connectivity index (χ2n) is 7.19. The van der Waals surface area contributed by atoms with Gasteiger partial charge in [-0.25, -0.2) is 8.42 Å². The third-order valence-electron chi connectivity index (χ3n) is 4.35. The van der Waals surface area contributed by atoms with Crippen LogP contribution in [0.25, 0.3) is 0 Å². The van der Waals surface area contributed by atoms with Gasteiger partial charge in [0.15, 0.2) is 0 Å². The molecule has 3 unspecified atom stereocenters. The number of piperazine rings is 1. The molecule has 0 bridgehead atoms. The molecule has 0 saturated carbocycles. The van der Waals surface area contributed by atoms with Crippen LogP contribution < -0.4 is 10.8 Å². The predicted molar refractivity (Wildman–Crippen MR) is 100 cm³/mol. The number of hydrogen-bond donors (Lipinski definition) is 3. The van der Waals surface area contributed by atoms with Crippen LogP contribution in [0.3, 0.4) is 0 Å². The molecule has 3 atom stereocenters. The first-order valence-electron chi connectivity index (χ1n) is 8.21. The lowest BCUT2D eigenvalue weighted by Gasteiger charge is -2.41. The summed E-state index contributed by atoms with van der Waals surface area (Å²) in [5.74, 6) is 2.39. The van der Waals surface area contributed by atoms with Crippen LogP contribution in [0.5, 0.6) is 0 Å². The van der Waals surface area contributed by atoms with E-state index in [9.17, 15) is 13.6 Å². The van der Waals surface area contributed by atoms with Gasteiger partial charge in [-0.2, -0.15) is 9.79 Å². The van der Waals surface area contributed by atoms with Crippen molar-refractivity contribution in [2.75, 3.05) is 19.6 Å². The van der Waals surface area contributed by atoms with E-state index in [0.29, 0.717) is 25.3 Å². The second kappa shape index (κ2) is 7.95. The Balaban J connectivity index is 2.48. The highest BCUT2D eigenvalue weighted by Crippen LogP contribution is 2.30. The first-order valence-corrected chi connectivity index (χ1v) is 13.3. The van der Waals surface area contributed by atoms with E-state index in [-0.39, 0.29) is 0 Å². The van der Waals surface area contributed by atoms with Crippen molar-refractivity contribution >= 4 is 18.1 Å². The van der Waals surface area contributed by atoms with Gasteiger partial charge in [0.25, 0.3) is 0 Å². The smallest absolute Gasteiger partial charge is 0.217 e. The van der Waals surface area contributed by atoms with Gasteiger partial charge >= 0.3 is 0 Å². The minimum atomic E-state index is -3.75. The Kier molecular flexibility index (Phi) is 6.37. The van der Waals surface area contributed by atoms with Crippen molar-refractivity contribution < 1.29 is 13.6 Å². The van der Waals surface area contributed by atoms with Crippen molar-refractivity contribution in [1.29, 1.82) is 0 Å². The van der Waals surface area contributed by atoms with E-state index >= 15 is 0 Å². The molecule has 0 amide bonds. The maximum absolute atomic E-state index is 13.5. The monoisotopic (exact) mass is 382 g/mol. The van der Waals surface area contributed by atoms with E-state index in [1.54, 1.807) is 12.3 Å². The predicted octanol–water partition coefficient (Wildman–Crippen LogP) is 0.584.